The van der Waals surface area contributed by atoms with Crippen molar-refractivity contribution in [3.05, 3.63) is 39.7 Å². The maximum atomic E-state index is 12.5. The fourth-order valence-electron chi connectivity index (χ4n) is 4.07. The summed E-state index contributed by atoms with van der Waals surface area (Å²) < 4.78 is 37.5. The Morgan fingerprint density at radius 2 is 1.97 bits per heavy atom. The maximum Gasteiger partial charge on any atom is 0.490 e. The van der Waals surface area contributed by atoms with Crippen LogP contribution in [-0.2, 0) is 22.7 Å². The lowest BCUT2D eigenvalue weighted by molar-refractivity contribution is -0.192. The molecule has 0 radical (unpaired) electrons. The lowest BCUT2D eigenvalue weighted by Crippen LogP contribution is -2.51. The zero-order chi connectivity index (χ0) is 22.8. The van der Waals surface area contributed by atoms with Crippen molar-refractivity contribution in [2.24, 2.45) is 0 Å². The standard InChI is InChI=1S/C18H23N3O2S.C2HF3O2/c1-12-3-4-15(23-12)10-20-8-7-17-16(20)5-6-18(22)21(17)9-14-11-24-13(2)19-14;3-2(4,5)1(6)7/h3-4,11,16-17H,5-10H2,1-2H3;(H,6,7)/t16-,17-;/m1./s1. The van der Waals surface area contributed by atoms with E-state index in [2.05, 4.69) is 26.2 Å². The molecule has 1 N–H and O–H groups in total. The number of furan rings is 1. The Labute approximate surface area is 181 Å². The molecule has 0 spiro atoms. The van der Waals surface area contributed by atoms with E-state index in [0.29, 0.717) is 25.0 Å². The number of rotatable bonds is 4. The molecule has 170 valence electrons. The van der Waals surface area contributed by atoms with E-state index in [1.807, 2.05) is 19.9 Å². The van der Waals surface area contributed by atoms with Crippen LogP contribution in [0.3, 0.4) is 0 Å². The number of carbonyl (C=O) groups is 2. The van der Waals surface area contributed by atoms with Gasteiger partial charge in [-0.15, -0.1) is 11.3 Å². The van der Waals surface area contributed by atoms with Gasteiger partial charge in [-0.25, -0.2) is 9.78 Å². The van der Waals surface area contributed by atoms with Crippen LogP contribution in [0.15, 0.2) is 21.9 Å². The number of likely N-dealkylation sites (tertiary alicyclic amines) is 2. The highest BCUT2D eigenvalue weighted by atomic mass is 32.1. The number of carboxylic acids is 1. The fourth-order valence-corrected chi connectivity index (χ4v) is 4.67. The smallest absolute Gasteiger partial charge is 0.475 e. The molecule has 2 atom stereocenters. The van der Waals surface area contributed by atoms with Crippen molar-refractivity contribution >= 4 is 23.2 Å². The van der Waals surface area contributed by atoms with E-state index < -0.39 is 12.1 Å². The van der Waals surface area contributed by atoms with Gasteiger partial charge in [-0.2, -0.15) is 13.2 Å². The van der Waals surface area contributed by atoms with Crippen LogP contribution in [0.1, 0.15) is 41.5 Å². The molecule has 11 heteroatoms. The number of amides is 1. The number of nitrogens with zero attached hydrogens (tertiary/aromatic N) is 3. The van der Waals surface area contributed by atoms with E-state index in [1.165, 1.54) is 0 Å². The Balaban J connectivity index is 0.000000339. The van der Waals surface area contributed by atoms with E-state index in [4.69, 9.17) is 14.3 Å². The van der Waals surface area contributed by atoms with Gasteiger partial charge in [-0.3, -0.25) is 9.69 Å². The molecule has 0 unspecified atom stereocenters. The van der Waals surface area contributed by atoms with Crippen molar-refractivity contribution in [1.82, 2.24) is 14.8 Å². The summed E-state index contributed by atoms with van der Waals surface area (Å²) in [5, 5.41) is 10.3. The normalized spacial score (nSPS) is 21.6. The molecule has 0 aliphatic carbocycles. The third-order valence-corrected chi connectivity index (χ3v) is 6.22. The van der Waals surface area contributed by atoms with Gasteiger partial charge in [0.2, 0.25) is 5.91 Å². The molecule has 4 heterocycles. The van der Waals surface area contributed by atoms with Gasteiger partial charge >= 0.3 is 12.1 Å². The van der Waals surface area contributed by atoms with Gasteiger partial charge in [-0.1, -0.05) is 0 Å². The first kappa shape index (κ1) is 23.3. The fraction of sp³-hybridized carbons (Fsp3) is 0.550. The van der Waals surface area contributed by atoms with Gasteiger partial charge in [0.05, 0.1) is 23.8 Å². The van der Waals surface area contributed by atoms with Gasteiger partial charge in [0, 0.05) is 30.4 Å². The summed E-state index contributed by atoms with van der Waals surface area (Å²) in [6.07, 6.45) is -2.45. The van der Waals surface area contributed by atoms with Crippen LogP contribution in [0.25, 0.3) is 0 Å². The molecular formula is C20H24F3N3O4S. The molecule has 4 rings (SSSR count). The highest BCUT2D eigenvalue weighted by Crippen LogP contribution is 2.33. The Hall–Kier alpha value is -2.40. The van der Waals surface area contributed by atoms with Gasteiger partial charge < -0.3 is 14.4 Å². The molecule has 1 amide bonds. The van der Waals surface area contributed by atoms with Gasteiger partial charge in [0.25, 0.3) is 0 Å². The average molecular weight is 459 g/mol. The SMILES string of the molecule is Cc1ccc(CN2CC[C@@H]3[C@H]2CCC(=O)N3Cc2csc(C)n2)o1.O=C(O)C(F)(F)F. The second kappa shape index (κ2) is 9.39. The molecule has 2 aromatic heterocycles. The minimum Gasteiger partial charge on any atom is -0.475 e. The number of fused-ring (bicyclic) bond motifs is 1. The summed E-state index contributed by atoms with van der Waals surface area (Å²) in [5.74, 6) is -0.503. The molecule has 2 aliphatic heterocycles. The highest BCUT2D eigenvalue weighted by molar-refractivity contribution is 7.09. The second-order valence-corrected chi connectivity index (χ2v) is 8.69. The summed E-state index contributed by atoms with van der Waals surface area (Å²) in [6, 6.07) is 4.83. The molecule has 0 aromatic carbocycles. The van der Waals surface area contributed by atoms with Crippen molar-refractivity contribution in [2.45, 2.75) is 64.5 Å². The van der Waals surface area contributed by atoms with Gasteiger partial charge in [0.15, 0.2) is 0 Å². The largest absolute Gasteiger partial charge is 0.490 e. The number of aryl methyl sites for hydroxylation is 2. The van der Waals surface area contributed by atoms with E-state index >= 15 is 0 Å². The first-order valence-corrected chi connectivity index (χ1v) is 10.7. The summed E-state index contributed by atoms with van der Waals surface area (Å²) in [6.45, 7) is 6.50. The molecule has 0 bridgehead atoms. The summed E-state index contributed by atoms with van der Waals surface area (Å²) in [5.41, 5.74) is 1.02. The second-order valence-electron chi connectivity index (χ2n) is 7.63. The van der Waals surface area contributed by atoms with Crippen molar-refractivity contribution in [1.29, 1.82) is 0 Å². The molecule has 2 fully saturated rings. The van der Waals surface area contributed by atoms with Crippen LogP contribution >= 0.6 is 11.3 Å². The Morgan fingerprint density at radius 3 is 2.52 bits per heavy atom. The van der Waals surface area contributed by atoms with E-state index in [9.17, 15) is 18.0 Å². The third kappa shape index (κ3) is 5.85. The molecule has 7 nitrogen and oxygen atoms in total. The van der Waals surface area contributed by atoms with Crippen LogP contribution < -0.4 is 0 Å². The average Bonchev–Trinajstić information content (AvgIpc) is 3.39. The predicted octanol–water partition coefficient (Wildman–Crippen LogP) is 3.75. The predicted molar refractivity (Wildman–Crippen MR) is 106 cm³/mol. The number of thiazole rings is 1. The summed E-state index contributed by atoms with van der Waals surface area (Å²) in [7, 11) is 0. The van der Waals surface area contributed by atoms with Crippen molar-refractivity contribution in [2.75, 3.05) is 6.54 Å². The number of alkyl halides is 3. The van der Waals surface area contributed by atoms with Crippen LogP contribution in [-0.4, -0.2) is 56.6 Å². The maximum absolute atomic E-state index is 12.5. The lowest BCUT2D eigenvalue weighted by atomic mass is 9.96. The third-order valence-electron chi connectivity index (χ3n) is 5.40. The van der Waals surface area contributed by atoms with Crippen LogP contribution in [0.4, 0.5) is 13.2 Å². The first-order valence-electron chi connectivity index (χ1n) is 9.84. The molecule has 2 aromatic rings. The molecule has 31 heavy (non-hydrogen) atoms. The van der Waals surface area contributed by atoms with Crippen molar-refractivity contribution in [3.8, 4) is 0 Å². The van der Waals surface area contributed by atoms with Crippen molar-refractivity contribution in [3.63, 3.8) is 0 Å². The minimum atomic E-state index is -5.08. The molecule has 0 saturated carbocycles. The van der Waals surface area contributed by atoms with E-state index in [-0.39, 0.29) is 5.91 Å². The quantitative estimate of drug-likeness (QED) is 0.750. The molecular weight excluding hydrogens is 435 g/mol. The highest BCUT2D eigenvalue weighted by Gasteiger charge is 2.43. The number of hydrogen-bond acceptors (Lipinski definition) is 6. The Morgan fingerprint density at radius 1 is 1.26 bits per heavy atom. The van der Waals surface area contributed by atoms with E-state index in [1.54, 1.807) is 11.3 Å². The van der Waals surface area contributed by atoms with Gasteiger partial charge in [0.1, 0.15) is 11.5 Å². The number of halogens is 3. The zero-order valence-electron chi connectivity index (χ0n) is 17.2. The molecule has 2 saturated heterocycles. The Kier molecular flexibility index (Phi) is 7.05. The summed E-state index contributed by atoms with van der Waals surface area (Å²) in [4.78, 5) is 30.5. The number of aromatic nitrogens is 1. The Bertz CT molecular complexity index is 927. The lowest BCUT2D eigenvalue weighted by Gasteiger charge is -2.39. The number of carboxylic acid groups (broad SMARTS) is 1. The first-order chi connectivity index (χ1) is 14.5. The number of piperidine rings is 1. The van der Waals surface area contributed by atoms with Gasteiger partial charge in [-0.05, 0) is 38.8 Å². The zero-order valence-corrected chi connectivity index (χ0v) is 18.0. The number of aliphatic carboxylic acids is 1. The molecule has 2 aliphatic rings. The van der Waals surface area contributed by atoms with Crippen LogP contribution in [0, 0.1) is 13.8 Å². The number of hydrogen-bond donors (Lipinski definition) is 1. The van der Waals surface area contributed by atoms with Crippen LogP contribution in [0.5, 0.6) is 0 Å². The number of carbonyl (C=O) groups excluding carboxylic acids is 1. The monoisotopic (exact) mass is 459 g/mol. The minimum absolute atomic E-state index is 0.276. The summed E-state index contributed by atoms with van der Waals surface area (Å²) >= 11 is 1.65. The van der Waals surface area contributed by atoms with Crippen LogP contribution in [0.2, 0.25) is 0 Å². The van der Waals surface area contributed by atoms with E-state index in [0.717, 1.165) is 48.2 Å². The topological polar surface area (TPSA) is 86.9 Å². The van der Waals surface area contributed by atoms with Crippen molar-refractivity contribution < 1.29 is 32.3 Å².